The molecule has 1 fully saturated rings. The molecule has 1 aliphatic heterocycles. The number of sulfonamides is 1. The van der Waals surface area contributed by atoms with Crippen LogP contribution in [0.3, 0.4) is 0 Å². The summed E-state index contributed by atoms with van der Waals surface area (Å²) in [5.41, 5.74) is 0.182. The third kappa shape index (κ3) is 6.16. The fourth-order valence-corrected chi connectivity index (χ4v) is 4.89. The monoisotopic (exact) mass is 500 g/mol. The summed E-state index contributed by atoms with van der Waals surface area (Å²) in [6, 6.07) is 0. The highest BCUT2D eigenvalue weighted by atomic mass is 35.5. The van der Waals surface area contributed by atoms with Crippen molar-refractivity contribution < 1.29 is 44.3 Å². The Hall–Kier alpha value is -1.74. The topological polar surface area (TPSA) is 93.5 Å². The van der Waals surface area contributed by atoms with Gasteiger partial charge in [-0.2, -0.15) is 31.4 Å². The van der Waals surface area contributed by atoms with Crippen LogP contribution in [0, 0.1) is 12.8 Å². The fraction of sp³-hybridized carbons (Fsp3) is 0.733. The quantitative estimate of drug-likeness (QED) is 0.627. The van der Waals surface area contributed by atoms with Gasteiger partial charge in [0, 0.05) is 26.7 Å². The summed E-state index contributed by atoms with van der Waals surface area (Å²) in [5.74, 6) is -0.310. The molecule has 16 heteroatoms. The first-order valence-electron chi connectivity index (χ1n) is 8.81. The second-order valence-electron chi connectivity index (χ2n) is 6.96. The van der Waals surface area contributed by atoms with Crippen LogP contribution in [0.25, 0.3) is 0 Å². The van der Waals surface area contributed by atoms with Crippen LogP contribution in [0.15, 0.2) is 4.90 Å². The van der Waals surface area contributed by atoms with Crippen molar-refractivity contribution in [2.24, 2.45) is 13.0 Å². The molecule has 0 aromatic carbocycles. The van der Waals surface area contributed by atoms with Crippen LogP contribution in [-0.4, -0.2) is 67.3 Å². The molecule has 2 heterocycles. The Morgan fingerprint density at radius 3 is 2.16 bits per heavy atom. The highest BCUT2D eigenvalue weighted by Crippen LogP contribution is 2.36. The number of hydrogen-bond acceptors (Lipinski definition) is 5. The van der Waals surface area contributed by atoms with Gasteiger partial charge in [0.05, 0.1) is 5.69 Å². The molecule has 0 aliphatic carbocycles. The lowest BCUT2D eigenvalue weighted by Gasteiger charge is -2.33. The molecule has 0 spiro atoms. The van der Waals surface area contributed by atoms with Gasteiger partial charge in [0.1, 0.15) is 10.0 Å². The summed E-state index contributed by atoms with van der Waals surface area (Å²) in [6.45, 7) is 1.00. The molecule has 31 heavy (non-hydrogen) atoms. The van der Waals surface area contributed by atoms with Gasteiger partial charge in [0.2, 0.25) is 10.0 Å². The number of amides is 1. The Bertz CT molecular complexity index is 896. The number of likely N-dealkylation sites (tertiary alicyclic amines) is 1. The van der Waals surface area contributed by atoms with Crippen LogP contribution < -0.4 is 4.72 Å². The van der Waals surface area contributed by atoms with Crippen molar-refractivity contribution in [2.75, 3.05) is 19.6 Å². The maximum Gasteiger partial charge on any atom is 0.434 e. The smallest absolute Gasteiger partial charge is 0.426 e. The first-order chi connectivity index (χ1) is 14.0. The molecular weight excluding hydrogens is 482 g/mol. The van der Waals surface area contributed by atoms with E-state index >= 15 is 0 Å². The molecule has 8 nitrogen and oxygen atoms in total. The number of hydrogen-bond donors (Lipinski definition) is 1. The van der Waals surface area contributed by atoms with E-state index in [1.54, 1.807) is 0 Å². The average molecular weight is 501 g/mol. The molecule has 1 aliphatic rings. The van der Waals surface area contributed by atoms with E-state index in [9.17, 15) is 39.6 Å². The molecule has 0 atom stereocenters. The van der Waals surface area contributed by atoms with E-state index < -0.39 is 34.6 Å². The van der Waals surface area contributed by atoms with Crippen molar-refractivity contribution in [2.45, 2.75) is 43.1 Å². The minimum atomic E-state index is -5.80. The second-order valence-corrected chi connectivity index (χ2v) is 9.02. The zero-order chi connectivity index (χ0) is 23.8. The zero-order valence-electron chi connectivity index (χ0n) is 16.2. The van der Waals surface area contributed by atoms with Crippen molar-refractivity contribution in [3.05, 3.63) is 10.8 Å². The van der Waals surface area contributed by atoms with Crippen LogP contribution in [-0.2, 0) is 21.8 Å². The summed E-state index contributed by atoms with van der Waals surface area (Å²) < 4.78 is 107. The summed E-state index contributed by atoms with van der Waals surface area (Å²) in [4.78, 5) is 12.3. The zero-order valence-corrected chi connectivity index (χ0v) is 17.8. The fourth-order valence-electron chi connectivity index (χ4n) is 3.03. The van der Waals surface area contributed by atoms with E-state index in [1.165, 1.54) is 18.7 Å². The Balaban J connectivity index is 1.92. The predicted octanol–water partition coefficient (Wildman–Crippen LogP) is 3.00. The number of carbonyl (C=O) groups excluding carboxylic acids is 1. The third-order valence-corrected chi connectivity index (χ3v) is 6.74. The molecule has 0 unspecified atom stereocenters. The van der Waals surface area contributed by atoms with Crippen molar-refractivity contribution >= 4 is 27.7 Å². The predicted molar refractivity (Wildman–Crippen MR) is 94.8 cm³/mol. The summed E-state index contributed by atoms with van der Waals surface area (Å²) in [7, 11) is -2.54. The first-order valence-corrected chi connectivity index (χ1v) is 10.7. The van der Waals surface area contributed by atoms with Crippen molar-refractivity contribution in [3.8, 4) is 0 Å². The van der Waals surface area contributed by atoms with E-state index in [1.807, 2.05) is 0 Å². The number of ether oxygens (including phenoxy) is 1. The van der Waals surface area contributed by atoms with Gasteiger partial charge in [-0.3, -0.25) is 4.68 Å². The summed E-state index contributed by atoms with van der Waals surface area (Å²) >= 11 is 5.94. The van der Waals surface area contributed by atoms with Crippen LogP contribution in [0.4, 0.5) is 31.1 Å². The average Bonchev–Trinajstić information content (AvgIpc) is 2.88. The number of rotatable bonds is 5. The van der Waals surface area contributed by atoms with Crippen molar-refractivity contribution in [3.63, 3.8) is 0 Å². The molecule has 1 N–H and O–H groups in total. The number of nitrogens with one attached hydrogen (secondary N) is 1. The van der Waals surface area contributed by atoms with Gasteiger partial charge in [-0.15, -0.1) is 0 Å². The molecule has 1 saturated heterocycles. The Kier molecular flexibility index (Phi) is 7.42. The molecule has 1 aromatic heterocycles. The Morgan fingerprint density at radius 1 is 1.23 bits per heavy atom. The van der Waals surface area contributed by atoms with Crippen LogP contribution in [0.1, 0.15) is 18.5 Å². The Labute approximate surface area is 178 Å². The lowest BCUT2D eigenvalue weighted by atomic mass is 9.97. The molecule has 0 radical (unpaired) electrons. The molecular formula is C15H19ClF6N4O4S. The SMILES string of the molecule is Cc1nn(C)c(Cl)c1S(=O)(=O)NCC1CCN(C(=O)OC(C(F)(F)F)C(F)(F)F)CC1. The molecule has 0 bridgehead atoms. The molecule has 2 rings (SSSR count). The van der Waals surface area contributed by atoms with Gasteiger partial charge in [0.15, 0.2) is 0 Å². The molecule has 0 saturated carbocycles. The molecule has 1 amide bonds. The van der Waals surface area contributed by atoms with E-state index in [2.05, 4.69) is 14.6 Å². The van der Waals surface area contributed by atoms with Gasteiger partial charge in [-0.1, -0.05) is 11.6 Å². The van der Waals surface area contributed by atoms with E-state index in [0.717, 1.165) is 4.90 Å². The van der Waals surface area contributed by atoms with Crippen LogP contribution in [0.5, 0.6) is 0 Å². The Morgan fingerprint density at radius 2 is 1.74 bits per heavy atom. The number of nitrogens with zero attached hydrogens (tertiary/aromatic N) is 3. The van der Waals surface area contributed by atoms with Crippen LogP contribution >= 0.6 is 11.6 Å². The van der Waals surface area contributed by atoms with E-state index in [-0.39, 0.29) is 54.1 Å². The molecule has 1 aromatic rings. The normalized spacial score (nSPS) is 16.8. The van der Waals surface area contributed by atoms with E-state index in [4.69, 9.17) is 11.6 Å². The minimum absolute atomic E-state index is 0.0659. The van der Waals surface area contributed by atoms with Crippen LogP contribution in [0.2, 0.25) is 5.15 Å². The first kappa shape index (κ1) is 25.5. The van der Waals surface area contributed by atoms with Gasteiger partial charge in [-0.05, 0) is 25.7 Å². The minimum Gasteiger partial charge on any atom is -0.426 e. The standard InChI is InChI=1S/C15H19ClF6N4O4S/c1-8-10(11(16)25(2)24-8)31(28,29)23-7-9-3-5-26(6-4-9)13(27)30-12(14(17,18)19)15(20,21)22/h9,12,23H,3-7H2,1-2H3. The van der Waals surface area contributed by atoms with Gasteiger partial charge in [-0.25, -0.2) is 17.9 Å². The van der Waals surface area contributed by atoms with Gasteiger partial charge < -0.3 is 9.64 Å². The number of halogens is 7. The maximum atomic E-state index is 12.5. The number of piperidine rings is 1. The van der Waals surface area contributed by atoms with Gasteiger partial charge >= 0.3 is 18.4 Å². The lowest BCUT2D eigenvalue weighted by molar-refractivity contribution is -0.308. The van der Waals surface area contributed by atoms with Gasteiger partial charge in [0.25, 0.3) is 6.10 Å². The number of alkyl halides is 6. The third-order valence-electron chi connectivity index (χ3n) is 4.62. The van der Waals surface area contributed by atoms with E-state index in [0.29, 0.717) is 0 Å². The highest BCUT2D eigenvalue weighted by molar-refractivity contribution is 7.89. The number of aryl methyl sites for hydroxylation is 2. The second kappa shape index (κ2) is 9.02. The largest absolute Gasteiger partial charge is 0.434 e. The van der Waals surface area contributed by atoms with Crippen molar-refractivity contribution in [1.82, 2.24) is 19.4 Å². The molecule has 178 valence electrons. The highest BCUT2D eigenvalue weighted by Gasteiger charge is 2.60. The summed E-state index contributed by atoms with van der Waals surface area (Å²) in [5, 5.41) is 3.82. The van der Waals surface area contributed by atoms with Crippen molar-refractivity contribution in [1.29, 1.82) is 0 Å². The number of carbonyl (C=O) groups is 1. The number of aromatic nitrogens is 2. The summed E-state index contributed by atoms with van der Waals surface area (Å²) in [6.07, 6.45) is -17.3. The maximum absolute atomic E-state index is 12.5. The lowest BCUT2D eigenvalue weighted by Crippen LogP contribution is -2.49.